The number of hydrogen-bond acceptors (Lipinski definition) is 2. The zero-order valence-corrected chi connectivity index (χ0v) is 8.28. The molecule has 5 heteroatoms. The van der Waals surface area contributed by atoms with E-state index in [-0.39, 0.29) is 5.56 Å². The van der Waals surface area contributed by atoms with Crippen molar-refractivity contribution in [2.45, 2.75) is 6.92 Å². The van der Waals surface area contributed by atoms with Crippen molar-refractivity contribution in [3.63, 3.8) is 0 Å². The summed E-state index contributed by atoms with van der Waals surface area (Å²) in [6.45, 7) is 1.75. The maximum Gasteiger partial charge on any atom is 0.266 e. The van der Waals surface area contributed by atoms with Gasteiger partial charge in [-0.3, -0.25) is 4.79 Å². The molecule has 1 aromatic heterocycles. The molecule has 54 valence electrons. The Labute approximate surface area is 74.1 Å². The number of nitrogens with one attached hydrogen (secondary N) is 1. The molecule has 3 nitrogen and oxygen atoms in total. The van der Waals surface area contributed by atoms with Crippen LogP contribution in [0.5, 0.6) is 0 Å². The van der Waals surface area contributed by atoms with Crippen molar-refractivity contribution in [3.8, 4) is 0 Å². The number of hydrogen-bond donors (Lipinski definition) is 1. The molecule has 0 radical (unpaired) electrons. The Hall–Kier alpha value is -0.160. The first-order valence-electron chi connectivity index (χ1n) is 2.53. The molecule has 0 atom stereocenters. The van der Waals surface area contributed by atoms with Crippen LogP contribution in [-0.2, 0) is 0 Å². The van der Waals surface area contributed by atoms with Crippen LogP contribution in [0.3, 0.4) is 0 Å². The van der Waals surface area contributed by atoms with Crippen LogP contribution in [0.15, 0.2) is 14.0 Å². The standard InChI is InChI=1S/C5H4Br2N2O/c1-2-3(6)4(10)9-5(7)8-2/h1H3,(H,8,9,10). The van der Waals surface area contributed by atoms with Crippen molar-refractivity contribution >= 4 is 31.9 Å². The predicted octanol–water partition coefficient (Wildman–Crippen LogP) is 1.60. The Balaban J connectivity index is 3.46. The Morgan fingerprint density at radius 1 is 1.50 bits per heavy atom. The summed E-state index contributed by atoms with van der Waals surface area (Å²) in [5.41, 5.74) is 0.509. The van der Waals surface area contributed by atoms with E-state index in [0.29, 0.717) is 14.9 Å². The number of aryl methyl sites for hydroxylation is 1. The van der Waals surface area contributed by atoms with E-state index in [9.17, 15) is 4.79 Å². The van der Waals surface area contributed by atoms with Gasteiger partial charge in [-0.05, 0) is 38.8 Å². The molecular weight excluding hydrogens is 264 g/mol. The third-order valence-corrected chi connectivity index (χ3v) is 2.31. The smallest absolute Gasteiger partial charge is 0.266 e. The van der Waals surface area contributed by atoms with E-state index in [1.807, 2.05) is 0 Å². The van der Waals surface area contributed by atoms with Crippen LogP contribution in [0.25, 0.3) is 0 Å². The van der Waals surface area contributed by atoms with E-state index in [1.165, 1.54) is 0 Å². The van der Waals surface area contributed by atoms with Crippen molar-refractivity contribution < 1.29 is 0 Å². The first kappa shape index (κ1) is 7.94. The van der Waals surface area contributed by atoms with Crippen molar-refractivity contribution in [3.05, 3.63) is 25.3 Å². The molecule has 1 rings (SSSR count). The van der Waals surface area contributed by atoms with Crippen LogP contribution in [0.1, 0.15) is 5.69 Å². The van der Waals surface area contributed by atoms with Crippen molar-refractivity contribution in [1.82, 2.24) is 9.97 Å². The van der Waals surface area contributed by atoms with Crippen LogP contribution < -0.4 is 5.56 Å². The molecule has 1 N–H and O–H groups in total. The minimum Gasteiger partial charge on any atom is -0.300 e. The fourth-order valence-corrected chi connectivity index (χ4v) is 1.17. The van der Waals surface area contributed by atoms with E-state index < -0.39 is 0 Å². The minimum atomic E-state index is -0.167. The van der Waals surface area contributed by atoms with Crippen LogP contribution in [0.4, 0.5) is 0 Å². The van der Waals surface area contributed by atoms with Gasteiger partial charge in [0.1, 0.15) is 4.47 Å². The molecule has 0 aliphatic carbocycles. The molecule has 10 heavy (non-hydrogen) atoms. The predicted molar refractivity (Wildman–Crippen MR) is 45.0 cm³/mol. The molecule has 0 unspecified atom stereocenters. The maximum atomic E-state index is 10.9. The maximum absolute atomic E-state index is 10.9. The van der Waals surface area contributed by atoms with Crippen LogP contribution >= 0.6 is 31.9 Å². The lowest BCUT2D eigenvalue weighted by atomic mass is 10.5. The molecule has 0 aliphatic heterocycles. The Bertz CT molecular complexity index is 307. The summed E-state index contributed by atoms with van der Waals surface area (Å²) in [5, 5.41) is 0. The molecule has 0 saturated carbocycles. The second kappa shape index (κ2) is 2.84. The largest absolute Gasteiger partial charge is 0.300 e. The fraction of sp³-hybridized carbons (Fsp3) is 0.200. The summed E-state index contributed by atoms with van der Waals surface area (Å²) in [7, 11) is 0. The summed E-state index contributed by atoms with van der Waals surface area (Å²) in [4.78, 5) is 17.3. The lowest BCUT2D eigenvalue weighted by Gasteiger charge is -1.94. The quantitative estimate of drug-likeness (QED) is 0.726. The molecule has 0 aromatic carbocycles. The first-order valence-corrected chi connectivity index (χ1v) is 4.12. The molecule has 1 aromatic rings. The van der Waals surface area contributed by atoms with Gasteiger partial charge in [0.2, 0.25) is 0 Å². The highest BCUT2D eigenvalue weighted by atomic mass is 79.9. The average Bonchev–Trinajstić information content (AvgIpc) is 1.82. The van der Waals surface area contributed by atoms with E-state index >= 15 is 0 Å². The lowest BCUT2D eigenvalue weighted by Crippen LogP contribution is -2.10. The zero-order chi connectivity index (χ0) is 7.72. The van der Waals surface area contributed by atoms with Crippen LogP contribution in [0, 0.1) is 6.92 Å². The van der Waals surface area contributed by atoms with Gasteiger partial charge >= 0.3 is 0 Å². The van der Waals surface area contributed by atoms with Gasteiger partial charge in [-0.25, -0.2) is 4.98 Å². The average molecular weight is 268 g/mol. The molecule has 0 bridgehead atoms. The number of H-pyrrole nitrogens is 1. The number of halogens is 2. The Morgan fingerprint density at radius 2 is 2.10 bits per heavy atom. The topological polar surface area (TPSA) is 45.8 Å². The van der Waals surface area contributed by atoms with Crippen LogP contribution in [0.2, 0.25) is 0 Å². The van der Waals surface area contributed by atoms with Gasteiger partial charge in [0.25, 0.3) is 5.56 Å². The van der Waals surface area contributed by atoms with Gasteiger partial charge in [0, 0.05) is 0 Å². The van der Waals surface area contributed by atoms with E-state index in [4.69, 9.17) is 0 Å². The molecule has 0 amide bonds. The highest BCUT2D eigenvalue weighted by molar-refractivity contribution is 9.10. The highest BCUT2D eigenvalue weighted by Gasteiger charge is 2.01. The van der Waals surface area contributed by atoms with Gasteiger partial charge in [0.15, 0.2) is 4.73 Å². The van der Waals surface area contributed by atoms with E-state index in [1.54, 1.807) is 6.92 Å². The summed E-state index contributed by atoms with van der Waals surface area (Å²) in [6.07, 6.45) is 0. The number of rotatable bonds is 0. The van der Waals surface area contributed by atoms with Gasteiger partial charge in [-0.15, -0.1) is 0 Å². The highest BCUT2D eigenvalue weighted by Crippen LogP contribution is 2.08. The monoisotopic (exact) mass is 266 g/mol. The molecule has 0 fully saturated rings. The summed E-state index contributed by atoms with van der Waals surface area (Å²) < 4.78 is 0.939. The second-order valence-corrected chi connectivity index (χ2v) is 3.30. The van der Waals surface area contributed by atoms with Crippen LogP contribution in [-0.4, -0.2) is 9.97 Å². The number of aromatic nitrogens is 2. The van der Waals surface area contributed by atoms with Crippen molar-refractivity contribution in [1.29, 1.82) is 0 Å². The van der Waals surface area contributed by atoms with Crippen molar-refractivity contribution in [2.75, 3.05) is 0 Å². The second-order valence-electron chi connectivity index (χ2n) is 1.76. The molecule has 0 aliphatic rings. The normalized spacial score (nSPS) is 9.90. The van der Waals surface area contributed by atoms with Gasteiger partial charge in [0.05, 0.1) is 5.69 Å². The SMILES string of the molecule is Cc1nc(Br)[nH]c(=O)c1Br. The van der Waals surface area contributed by atoms with Gasteiger partial charge in [-0.2, -0.15) is 0 Å². The zero-order valence-electron chi connectivity index (χ0n) is 5.11. The minimum absolute atomic E-state index is 0.167. The molecule has 1 heterocycles. The molecule has 0 saturated heterocycles. The summed E-state index contributed by atoms with van der Waals surface area (Å²) >= 11 is 6.15. The summed E-state index contributed by atoms with van der Waals surface area (Å²) in [6, 6.07) is 0. The molecule has 0 spiro atoms. The van der Waals surface area contributed by atoms with Gasteiger partial charge < -0.3 is 4.98 Å². The third-order valence-electron chi connectivity index (χ3n) is 1.000. The lowest BCUT2D eigenvalue weighted by molar-refractivity contribution is 1.00. The van der Waals surface area contributed by atoms with E-state index in [0.717, 1.165) is 0 Å². The fourth-order valence-electron chi connectivity index (χ4n) is 0.537. The van der Waals surface area contributed by atoms with E-state index in [2.05, 4.69) is 41.8 Å². The number of nitrogens with zero attached hydrogens (tertiary/aromatic N) is 1. The molecular formula is C5H4Br2N2O. The first-order chi connectivity index (χ1) is 4.61. The summed E-state index contributed by atoms with van der Waals surface area (Å²) in [5.74, 6) is 0. The Kier molecular flexibility index (Phi) is 2.25. The third kappa shape index (κ3) is 1.46. The number of aromatic amines is 1. The Morgan fingerprint density at radius 3 is 2.60 bits per heavy atom. The van der Waals surface area contributed by atoms with Gasteiger partial charge in [-0.1, -0.05) is 0 Å². The van der Waals surface area contributed by atoms with Crippen molar-refractivity contribution in [2.24, 2.45) is 0 Å².